The van der Waals surface area contributed by atoms with Crippen LogP contribution in [0.3, 0.4) is 0 Å². The molecule has 1 aliphatic heterocycles. The molecule has 3 amide bonds. The second kappa shape index (κ2) is 9.91. The molecule has 0 unspecified atom stereocenters. The quantitative estimate of drug-likeness (QED) is 0.656. The normalized spacial score (nSPS) is 15.7. The highest BCUT2D eigenvalue weighted by Crippen LogP contribution is 2.28. The van der Waals surface area contributed by atoms with Crippen LogP contribution >= 0.6 is 0 Å². The Bertz CT molecular complexity index is 911. The molecule has 1 fully saturated rings. The van der Waals surface area contributed by atoms with Gasteiger partial charge in [0.05, 0.1) is 24.3 Å². The Hall–Kier alpha value is -3.35. The molecule has 0 aromatic heterocycles. The highest BCUT2D eigenvalue weighted by molar-refractivity contribution is 6.07. The van der Waals surface area contributed by atoms with E-state index in [0.29, 0.717) is 30.1 Å². The number of amides is 3. The Labute approximate surface area is 176 Å². The van der Waals surface area contributed by atoms with E-state index in [0.717, 1.165) is 18.5 Å². The van der Waals surface area contributed by atoms with Crippen LogP contribution in [0, 0.1) is 5.92 Å². The Balaban J connectivity index is 1.66. The highest BCUT2D eigenvalue weighted by atomic mass is 16.5. The van der Waals surface area contributed by atoms with Crippen LogP contribution in [0.5, 0.6) is 5.75 Å². The number of hydrogen-bond donors (Lipinski definition) is 2. The molecule has 2 N–H and O–H groups in total. The van der Waals surface area contributed by atoms with Gasteiger partial charge >= 0.3 is 0 Å². The Morgan fingerprint density at radius 1 is 1.13 bits per heavy atom. The molecule has 0 spiro atoms. The van der Waals surface area contributed by atoms with E-state index in [4.69, 9.17) is 4.74 Å². The van der Waals surface area contributed by atoms with Crippen molar-refractivity contribution in [3.05, 3.63) is 54.1 Å². The van der Waals surface area contributed by atoms with E-state index in [1.54, 1.807) is 60.5 Å². The fraction of sp³-hybridized carbons (Fsp3) is 0.348. The van der Waals surface area contributed by atoms with Crippen molar-refractivity contribution < 1.29 is 19.1 Å². The van der Waals surface area contributed by atoms with E-state index >= 15 is 0 Å². The highest BCUT2D eigenvalue weighted by Gasteiger charge is 2.35. The Morgan fingerprint density at radius 3 is 2.57 bits per heavy atom. The molecular weight excluding hydrogens is 382 g/mol. The number of nitrogens with one attached hydrogen (secondary N) is 2. The van der Waals surface area contributed by atoms with Gasteiger partial charge in [-0.15, -0.1) is 0 Å². The van der Waals surface area contributed by atoms with Crippen molar-refractivity contribution >= 4 is 29.1 Å². The van der Waals surface area contributed by atoms with Crippen LogP contribution in [0.2, 0.25) is 0 Å². The number of methoxy groups -OCH3 is 1. The van der Waals surface area contributed by atoms with Gasteiger partial charge in [0.25, 0.3) is 5.91 Å². The van der Waals surface area contributed by atoms with Gasteiger partial charge in [0.2, 0.25) is 11.8 Å². The molecule has 1 saturated heterocycles. The number of rotatable bonds is 8. The van der Waals surface area contributed by atoms with E-state index in [1.807, 2.05) is 0 Å². The zero-order valence-electron chi connectivity index (χ0n) is 17.3. The first-order valence-electron chi connectivity index (χ1n) is 10.2. The molecule has 7 heteroatoms. The number of hydrogen-bond acceptors (Lipinski definition) is 4. The second-order valence-electron chi connectivity index (χ2n) is 7.25. The fourth-order valence-corrected chi connectivity index (χ4v) is 3.39. The molecule has 2 aromatic carbocycles. The average molecular weight is 409 g/mol. The fourth-order valence-electron chi connectivity index (χ4n) is 3.39. The first-order chi connectivity index (χ1) is 14.5. The summed E-state index contributed by atoms with van der Waals surface area (Å²) in [5.41, 5.74) is 1.59. The molecule has 0 aliphatic carbocycles. The minimum Gasteiger partial charge on any atom is -0.497 e. The van der Waals surface area contributed by atoms with Crippen LogP contribution < -0.4 is 20.3 Å². The third kappa shape index (κ3) is 4.97. The maximum Gasteiger partial charge on any atom is 0.253 e. The number of anilines is 2. The molecule has 7 nitrogen and oxygen atoms in total. The number of carbonyl (C=O) groups excluding carboxylic acids is 3. The lowest BCUT2D eigenvalue weighted by molar-refractivity contribution is -0.122. The van der Waals surface area contributed by atoms with Crippen molar-refractivity contribution in [1.29, 1.82) is 0 Å². The van der Waals surface area contributed by atoms with Crippen molar-refractivity contribution in [2.24, 2.45) is 5.92 Å². The Kier molecular flexibility index (Phi) is 7.06. The smallest absolute Gasteiger partial charge is 0.253 e. The summed E-state index contributed by atoms with van der Waals surface area (Å²) in [6.07, 6.45) is 2.01. The lowest BCUT2D eigenvalue weighted by Gasteiger charge is -2.17. The summed E-state index contributed by atoms with van der Waals surface area (Å²) < 4.78 is 5.15. The van der Waals surface area contributed by atoms with E-state index in [2.05, 4.69) is 17.6 Å². The number of ether oxygens (including phenoxy) is 1. The molecule has 1 heterocycles. The zero-order valence-corrected chi connectivity index (χ0v) is 17.3. The van der Waals surface area contributed by atoms with E-state index < -0.39 is 5.92 Å². The SMILES string of the molecule is CCCCNC(=O)c1ccccc1NC(=O)[C@H]1CC(=O)N(c2ccc(OC)cc2)C1. The van der Waals surface area contributed by atoms with Gasteiger partial charge in [-0.05, 0) is 42.8 Å². The average Bonchev–Trinajstić information content (AvgIpc) is 3.16. The van der Waals surface area contributed by atoms with E-state index in [9.17, 15) is 14.4 Å². The van der Waals surface area contributed by atoms with Crippen molar-refractivity contribution in [2.45, 2.75) is 26.2 Å². The predicted molar refractivity (Wildman–Crippen MR) is 116 cm³/mol. The first kappa shape index (κ1) is 21.4. The number of unbranched alkanes of at least 4 members (excludes halogenated alkanes) is 1. The first-order valence-corrected chi connectivity index (χ1v) is 10.2. The van der Waals surface area contributed by atoms with Crippen LogP contribution in [0.4, 0.5) is 11.4 Å². The monoisotopic (exact) mass is 409 g/mol. The largest absolute Gasteiger partial charge is 0.497 e. The molecule has 1 aliphatic rings. The summed E-state index contributed by atoms with van der Waals surface area (Å²) in [4.78, 5) is 39.4. The summed E-state index contributed by atoms with van der Waals surface area (Å²) in [7, 11) is 1.58. The maximum atomic E-state index is 12.8. The van der Waals surface area contributed by atoms with Gasteiger partial charge in [-0.2, -0.15) is 0 Å². The third-order valence-corrected chi connectivity index (χ3v) is 5.13. The summed E-state index contributed by atoms with van der Waals surface area (Å²) >= 11 is 0. The van der Waals surface area contributed by atoms with Crippen LogP contribution in [-0.4, -0.2) is 37.9 Å². The standard InChI is InChI=1S/C23H27N3O4/c1-3-4-13-24-23(29)19-7-5-6-8-20(19)25-22(28)16-14-21(27)26(15-16)17-9-11-18(30-2)12-10-17/h5-12,16H,3-4,13-15H2,1-2H3,(H,24,29)(H,25,28)/t16-/m0/s1. The number of benzene rings is 2. The molecule has 0 saturated carbocycles. The summed E-state index contributed by atoms with van der Waals surface area (Å²) in [5, 5.41) is 5.70. The molecule has 2 aromatic rings. The number of carbonyl (C=O) groups is 3. The second-order valence-corrected chi connectivity index (χ2v) is 7.25. The zero-order chi connectivity index (χ0) is 21.5. The third-order valence-electron chi connectivity index (χ3n) is 5.13. The lowest BCUT2D eigenvalue weighted by atomic mass is 10.1. The van der Waals surface area contributed by atoms with Crippen molar-refractivity contribution in [2.75, 3.05) is 30.4 Å². The van der Waals surface area contributed by atoms with Crippen molar-refractivity contribution in [3.8, 4) is 5.75 Å². The van der Waals surface area contributed by atoms with Crippen molar-refractivity contribution in [1.82, 2.24) is 5.32 Å². The summed E-state index contributed by atoms with van der Waals surface area (Å²) in [6, 6.07) is 14.1. The molecule has 3 rings (SSSR count). The van der Waals surface area contributed by atoms with Gasteiger partial charge in [-0.1, -0.05) is 25.5 Å². The van der Waals surface area contributed by atoms with Crippen LogP contribution in [0.1, 0.15) is 36.5 Å². The van der Waals surface area contributed by atoms with Gasteiger partial charge < -0.3 is 20.3 Å². The molecule has 30 heavy (non-hydrogen) atoms. The van der Waals surface area contributed by atoms with Crippen molar-refractivity contribution in [3.63, 3.8) is 0 Å². The molecule has 0 radical (unpaired) electrons. The summed E-state index contributed by atoms with van der Waals surface area (Å²) in [6.45, 7) is 2.94. The van der Waals surface area contributed by atoms with Crippen LogP contribution in [0.15, 0.2) is 48.5 Å². The Morgan fingerprint density at radius 2 is 1.87 bits per heavy atom. The predicted octanol–water partition coefficient (Wildman–Crippen LogP) is 3.22. The van der Waals surface area contributed by atoms with Gasteiger partial charge in [0.15, 0.2) is 0 Å². The minimum absolute atomic E-state index is 0.106. The molecule has 0 bridgehead atoms. The maximum absolute atomic E-state index is 12.8. The van der Waals surface area contributed by atoms with E-state index in [-0.39, 0.29) is 24.1 Å². The molecular formula is C23H27N3O4. The van der Waals surface area contributed by atoms with Crippen LogP contribution in [-0.2, 0) is 9.59 Å². The van der Waals surface area contributed by atoms with Crippen LogP contribution in [0.25, 0.3) is 0 Å². The van der Waals surface area contributed by atoms with Gasteiger partial charge in [0, 0.05) is 25.2 Å². The lowest BCUT2D eigenvalue weighted by Crippen LogP contribution is -2.29. The van der Waals surface area contributed by atoms with Gasteiger partial charge in [-0.25, -0.2) is 0 Å². The minimum atomic E-state index is -0.490. The number of para-hydroxylation sites is 1. The summed E-state index contributed by atoms with van der Waals surface area (Å²) in [5.74, 6) is -0.384. The van der Waals surface area contributed by atoms with Gasteiger partial charge in [0.1, 0.15) is 5.75 Å². The topological polar surface area (TPSA) is 87.7 Å². The molecule has 158 valence electrons. The van der Waals surface area contributed by atoms with E-state index in [1.165, 1.54) is 0 Å². The van der Waals surface area contributed by atoms with Gasteiger partial charge in [-0.3, -0.25) is 14.4 Å². The number of nitrogens with zero attached hydrogens (tertiary/aromatic N) is 1. The molecule has 1 atom stereocenters.